The maximum absolute atomic E-state index is 12.5. The second-order valence-electron chi connectivity index (χ2n) is 12.4. The van der Waals surface area contributed by atoms with Crippen LogP contribution in [0.1, 0.15) is 78.6 Å². The minimum absolute atomic E-state index is 0.00783. The molecule has 0 bridgehead atoms. The molecule has 5 aliphatic rings. The van der Waals surface area contributed by atoms with Gasteiger partial charge in [0.25, 0.3) is 5.91 Å². The first kappa shape index (κ1) is 25.4. The van der Waals surface area contributed by atoms with Gasteiger partial charge in [0.1, 0.15) is 11.8 Å². The van der Waals surface area contributed by atoms with Crippen molar-refractivity contribution in [2.45, 2.75) is 90.7 Å². The zero-order valence-corrected chi connectivity index (χ0v) is 21.7. The number of amides is 1. The molecule has 8 atom stereocenters. The van der Waals surface area contributed by atoms with E-state index in [1.807, 2.05) is 0 Å². The highest BCUT2D eigenvalue weighted by molar-refractivity contribution is 5.96. The van der Waals surface area contributed by atoms with Gasteiger partial charge >= 0.3 is 5.97 Å². The molecule has 1 amide bonds. The first-order valence-corrected chi connectivity index (χ1v) is 13.6. The van der Waals surface area contributed by atoms with Gasteiger partial charge in [-0.05, 0) is 93.0 Å². The summed E-state index contributed by atoms with van der Waals surface area (Å²) >= 11 is 0. The number of carbonyl (C=O) groups is 3. The zero-order valence-electron chi connectivity index (χ0n) is 21.7. The number of allylic oxidation sites excluding steroid dienone is 2. The van der Waals surface area contributed by atoms with E-state index in [4.69, 9.17) is 4.84 Å². The van der Waals surface area contributed by atoms with Gasteiger partial charge in [-0.15, -0.1) is 0 Å². The zero-order chi connectivity index (χ0) is 25.8. The van der Waals surface area contributed by atoms with Gasteiger partial charge in [-0.2, -0.15) is 0 Å². The number of aliphatic carboxylic acids is 1. The van der Waals surface area contributed by atoms with Crippen LogP contribution in [0.15, 0.2) is 16.8 Å². The van der Waals surface area contributed by atoms with Crippen molar-refractivity contribution in [2.24, 2.45) is 39.7 Å². The van der Waals surface area contributed by atoms with Crippen molar-refractivity contribution in [1.29, 1.82) is 0 Å². The summed E-state index contributed by atoms with van der Waals surface area (Å²) in [6, 6.07) is -1.01. The minimum atomic E-state index is -1.12. The first-order chi connectivity index (χ1) is 17.0. The molecule has 0 unspecified atom stereocenters. The van der Waals surface area contributed by atoms with Crippen molar-refractivity contribution >= 4 is 23.4 Å². The third kappa shape index (κ3) is 4.09. The number of likely N-dealkylation sites (tertiary alicyclic amines) is 1. The second-order valence-corrected chi connectivity index (χ2v) is 12.4. The predicted octanol–water partition coefficient (Wildman–Crippen LogP) is 3.57. The molecule has 0 spiro atoms. The molecular weight excluding hydrogens is 460 g/mol. The summed E-state index contributed by atoms with van der Waals surface area (Å²) in [5.41, 5.74) is 2.58. The smallest absolute Gasteiger partial charge is 0.326 e. The van der Waals surface area contributed by atoms with E-state index in [1.165, 1.54) is 23.3 Å². The summed E-state index contributed by atoms with van der Waals surface area (Å²) in [7, 11) is 0. The van der Waals surface area contributed by atoms with Crippen LogP contribution in [0.4, 0.5) is 0 Å². The molecule has 1 heterocycles. The highest BCUT2D eigenvalue weighted by atomic mass is 16.6. The van der Waals surface area contributed by atoms with Gasteiger partial charge < -0.3 is 20.0 Å². The van der Waals surface area contributed by atoms with Crippen LogP contribution in [0, 0.1) is 34.5 Å². The second kappa shape index (κ2) is 9.26. The molecule has 198 valence electrons. The Balaban J connectivity index is 1.24. The maximum Gasteiger partial charge on any atom is 0.326 e. The molecule has 0 radical (unpaired) electrons. The molecule has 0 aromatic heterocycles. The summed E-state index contributed by atoms with van der Waals surface area (Å²) in [5.74, 6) is 0.982. The van der Waals surface area contributed by atoms with Crippen molar-refractivity contribution in [3.8, 4) is 0 Å². The lowest BCUT2D eigenvalue weighted by Crippen LogP contribution is -2.51. The average molecular weight is 501 g/mol. The molecule has 1 aliphatic heterocycles. The Labute approximate surface area is 213 Å². The van der Waals surface area contributed by atoms with E-state index < -0.39 is 24.0 Å². The van der Waals surface area contributed by atoms with Crippen LogP contribution in [0.3, 0.4) is 0 Å². The van der Waals surface area contributed by atoms with Crippen molar-refractivity contribution in [1.82, 2.24) is 4.90 Å². The summed E-state index contributed by atoms with van der Waals surface area (Å²) in [6.45, 7) is 6.26. The van der Waals surface area contributed by atoms with E-state index >= 15 is 0 Å². The van der Waals surface area contributed by atoms with E-state index in [-0.39, 0.29) is 36.3 Å². The van der Waals surface area contributed by atoms with Crippen LogP contribution < -0.4 is 0 Å². The van der Waals surface area contributed by atoms with Crippen LogP contribution >= 0.6 is 0 Å². The largest absolute Gasteiger partial charge is 0.480 e. The highest BCUT2D eigenvalue weighted by Crippen LogP contribution is 2.66. The van der Waals surface area contributed by atoms with Gasteiger partial charge in [-0.3, -0.25) is 9.59 Å². The Morgan fingerprint density at radius 3 is 2.61 bits per heavy atom. The van der Waals surface area contributed by atoms with Gasteiger partial charge in [0, 0.05) is 18.9 Å². The molecule has 8 nitrogen and oxygen atoms in total. The normalized spacial score (nSPS) is 42.8. The molecule has 5 rings (SSSR count). The highest BCUT2D eigenvalue weighted by Gasteiger charge is 2.59. The van der Waals surface area contributed by atoms with Crippen LogP contribution in [0.25, 0.3) is 0 Å². The number of carboxylic acid groups (broad SMARTS) is 1. The van der Waals surface area contributed by atoms with E-state index in [1.54, 1.807) is 6.92 Å². The monoisotopic (exact) mass is 500 g/mol. The Kier molecular flexibility index (Phi) is 6.54. The van der Waals surface area contributed by atoms with Crippen molar-refractivity contribution < 1.29 is 29.4 Å². The third-order valence-electron chi connectivity index (χ3n) is 10.7. The fraction of sp³-hybridized carbons (Fsp3) is 0.786. The van der Waals surface area contributed by atoms with Gasteiger partial charge in [0.2, 0.25) is 0 Å². The number of rotatable bonds is 5. The summed E-state index contributed by atoms with van der Waals surface area (Å²) in [4.78, 5) is 42.8. The average Bonchev–Trinajstić information content (AvgIpc) is 3.39. The number of carbonyl (C=O) groups excluding carboxylic acids is 2. The Morgan fingerprint density at radius 1 is 1.11 bits per heavy atom. The topological polar surface area (TPSA) is 117 Å². The maximum atomic E-state index is 12.5. The van der Waals surface area contributed by atoms with Gasteiger partial charge in [-0.1, -0.05) is 24.6 Å². The van der Waals surface area contributed by atoms with Gasteiger partial charge in [-0.25, -0.2) is 4.79 Å². The molecular formula is C28H40N2O6. The number of ketones is 1. The standard InChI is InChI=1S/C28H40N2O6/c1-16(31)21-6-7-22-20-5-4-17-12-18(8-10-27(17,2)23(20)9-11-28(21,22)3)29-36-15-25(33)30-14-19(32)13-24(30)26(34)35/h12,19-24,32H,4-11,13-15H2,1-3H3,(H,34,35)/b29-18-/t19-,20+,21+,22-,23-,24-,27+,28-/m1/s1. The number of Topliss-reactive ketones (excluding diaryl/α,β-unsaturated/α-hetero) is 1. The lowest BCUT2D eigenvalue weighted by Gasteiger charge is -2.58. The van der Waals surface area contributed by atoms with Gasteiger partial charge in [0.15, 0.2) is 6.61 Å². The number of β-amino-alcohol motifs (C(OH)–C–C–N with tert-alkyl or cyclic N) is 1. The summed E-state index contributed by atoms with van der Waals surface area (Å²) in [5, 5.41) is 23.3. The quantitative estimate of drug-likeness (QED) is 0.558. The minimum Gasteiger partial charge on any atom is -0.480 e. The molecule has 4 aliphatic carbocycles. The molecule has 0 aromatic rings. The van der Waals surface area contributed by atoms with Crippen LogP contribution in [-0.2, 0) is 19.2 Å². The Hall–Kier alpha value is -2.22. The van der Waals surface area contributed by atoms with Crippen LogP contribution in [0.2, 0.25) is 0 Å². The number of hydrogen-bond donors (Lipinski definition) is 2. The summed E-state index contributed by atoms with van der Waals surface area (Å²) < 4.78 is 0. The SMILES string of the molecule is CC(=O)[C@@H]1CC[C@@H]2[C@@H]3CCC4=C/C(=N\OCC(=O)N5C[C@H](O)C[C@@H]5C(=O)O)CC[C@]4(C)[C@@H]3CC[C@@]21C. The number of hydrogen-bond acceptors (Lipinski definition) is 6. The lowest BCUT2D eigenvalue weighted by molar-refractivity contribution is -0.150. The number of aliphatic hydroxyl groups excluding tert-OH is 1. The fourth-order valence-corrected chi connectivity index (χ4v) is 8.89. The van der Waals surface area contributed by atoms with Gasteiger partial charge in [0.05, 0.1) is 11.8 Å². The molecule has 36 heavy (non-hydrogen) atoms. The Morgan fingerprint density at radius 2 is 1.89 bits per heavy atom. The van der Waals surface area contributed by atoms with Crippen molar-refractivity contribution in [3.05, 3.63) is 11.6 Å². The number of oxime groups is 1. The number of nitrogens with zero attached hydrogens (tertiary/aromatic N) is 2. The molecule has 0 aromatic carbocycles. The first-order valence-electron chi connectivity index (χ1n) is 13.6. The van der Waals surface area contributed by atoms with Crippen molar-refractivity contribution in [2.75, 3.05) is 13.2 Å². The van der Waals surface area contributed by atoms with Crippen LogP contribution in [0.5, 0.6) is 0 Å². The Bertz CT molecular complexity index is 1010. The molecule has 3 saturated carbocycles. The van der Waals surface area contributed by atoms with E-state index in [2.05, 4.69) is 25.1 Å². The van der Waals surface area contributed by atoms with E-state index in [0.29, 0.717) is 23.5 Å². The van der Waals surface area contributed by atoms with E-state index in [9.17, 15) is 24.6 Å². The van der Waals surface area contributed by atoms with Crippen molar-refractivity contribution in [3.63, 3.8) is 0 Å². The lowest BCUT2D eigenvalue weighted by atomic mass is 9.46. The summed E-state index contributed by atoms with van der Waals surface area (Å²) in [6.07, 6.45) is 9.94. The molecule has 4 fully saturated rings. The third-order valence-corrected chi connectivity index (χ3v) is 10.7. The number of fused-ring (bicyclic) bond motifs is 5. The van der Waals surface area contributed by atoms with E-state index in [0.717, 1.165) is 44.2 Å². The molecule has 1 saturated heterocycles. The predicted molar refractivity (Wildman–Crippen MR) is 133 cm³/mol. The number of aliphatic hydroxyl groups is 1. The van der Waals surface area contributed by atoms with Crippen LogP contribution in [-0.4, -0.2) is 63.8 Å². The number of carboxylic acids is 1. The fourth-order valence-electron chi connectivity index (χ4n) is 8.89. The molecule has 2 N–H and O–H groups in total. The molecule has 8 heteroatoms.